The summed E-state index contributed by atoms with van der Waals surface area (Å²) in [5.74, 6) is 0.258. The fourth-order valence-electron chi connectivity index (χ4n) is 3.36. The van der Waals surface area contributed by atoms with E-state index in [4.69, 9.17) is 23.2 Å². The van der Waals surface area contributed by atoms with Gasteiger partial charge in [0.15, 0.2) is 0 Å². The minimum absolute atomic E-state index is 0.150. The van der Waals surface area contributed by atoms with Crippen molar-refractivity contribution in [1.82, 2.24) is 19.9 Å². The molecule has 0 bridgehead atoms. The van der Waals surface area contributed by atoms with Crippen LogP contribution in [0, 0.1) is 0 Å². The van der Waals surface area contributed by atoms with Gasteiger partial charge in [0.05, 0.1) is 23.0 Å². The van der Waals surface area contributed by atoms with E-state index in [0.29, 0.717) is 39.0 Å². The number of aromatic nitrogens is 3. The van der Waals surface area contributed by atoms with Crippen molar-refractivity contribution in [2.24, 2.45) is 0 Å². The topological polar surface area (TPSA) is 79.0 Å². The largest absolute Gasteiger partial charge is 0.331 e. The fraction of sp³-hybridized carbons (Fsp3) is 0.182. The van der Waals surface area contributed by atoms with E-state index in [-0.39, 0.29) is 18.0 Å². The summed E-state index contributed by atoms with van der Waals surface area (Å²) >= 11 is 12.0. The van der Waals surface area contributed by atoms with Crippen molar-refractivity contribution in [2.75, 3.05) is 6.54 Å². The van der Waals surface area contributed by atoms with Crippen LogP contribution in [0.25, 0.3) is 21.8 Å². The number of halogens is 2. The highest BCUT2D eigenvalue weighted by molar-refractivity contribution is 6.31. The van der Waals surface area contributed by atoms with Gasteiger partial charge in [0, 0.05) is 22.5 Å². The predicted octanol–water partition coefficient (Wildman–Crippen LogP) is 4.83. The molecule has 0 unspecified atom stereocenters. The Hall–Kier alpha value is -2.96. The number of carbonyl (C=O) groups is 1. The van der Waals surface area contributed by atoms with Gasteiger partial charge in [0.1, 0.15) is 11.0 Å². The third-order valence-corrected chi connectivity index (χ3v) is 5.19. The monoisotopic (exact) mass is 440 g/mol. The summed E-state index contributed by atoms with van der Waals surface area (Å²) in [5, 5.41) is 2.18. The van der Waals surface area contributed by atoms with Gasteiger partial charge in [-0.2, -0.15) is 0 Å². The van der Waals surface area contributed by atoms with Gasteiger partial charge in [-0.05, 0) is 55.0 Å². The van der Waals surface area contributed by atoms with Crippen LogP contribution >= 0.6 is 23.2 Å². The van der Waals surface area contributed by atoms with Crippen molar-refractivity contribution in [3.8, 4) is 0 Å². The molecule has 152 valence electrons. The van der Waals surface area contributed by atoms with E-state index in [1.165, 1.54) is 0 Å². The number of pyridine rings is 1. The number of carbonyl (C=O) groups excluding carboxylic acids is 1. The molecule has 4 rings (SSSR count). The number of aromatic amines is 1. The first-order valence-corrected chi connectivity index (χ1v) is 10.2. The molecule has 1 amide bonds. The first-order valence-electron chi connectivity index (χ1n) is 9.48. The maximum Gasteiger partial charge on any atom is 0.258 e. The smallest absolute Gasteiger partial charge is 0.258 e. The molecule has 8 heteroatoms. The van der Waals surface area contributed by atoms with Gasteiger partial charge in [-0.25, -0.2) is 9.97 Å². The molecular formula is C22H18Cl2N4O2. The molecule has 0 atom stereocenters. The lowest BCUT2D eigenvalue weighted by molar-refractivity contribution is 0.0739. The number of nitrogens with zero attached hydrogens (tertiary/aromatic N) is 3. The normalized spacial score (nSPS) is 11.2. The van der Waals surface area contributed by atoms with Crippen LogP contribution in [0.3, 0.4) is 0 Å². The SMILES string of the molecule is CCCN(Cc1nc2cc(Cl)ccc2c(=O)[nH]1)C(=O)c1ccc2nc(Cl)ccc2c1. The standard InChI is InChI=1S/C22H18Cl2N4O2/c1-2-9-28(12-20-26-18-11-15(23)5-6-16(18)21(29)27-20)22(30)14-3-7-17-13(10-14)4-8-19(24)25-17/h3-8,10-11H,2,9,12H2,1H3,(H,26,27,29). The Morgan fingerprint density at radius 1 is 1.03 bits per heavy atom. The van der Waals surface area contributed by atoms with Crippen LogP contribution in [-0.4, -0.2) is 32.3 Å². The van der Waals surface area contributed by atoms with Gasteiger partial charge in [-0.3, -0.25) is 9.59 Å². The molecule has 2 heterocycles. The molecule has 0 saturated carbocycles. The van der Waals surface area contributed by atoms with Gasteiger partial charge in [0.25, 0.3) is 11.5 Å². The number of rotatable bonds is 5. The number of benzene rings is 2. The van der Waals surface area contributed by atoms with E-state index < -0.39 is 0 Å². The number of fused-ring (bicyclic) bond motifs is 2. The van der Waals surface area contributed by atoms with Crippen LogP contribution in [-0.2, 0) is 6.54 Å². The minimum atomic E-state index is -0.260. The predicted molar refractivity (Wildman–Crippen MR) is 119 cm³/mol. The van der Waals surface area contributed by atoms with Crippen LogP contribution in [0.1, 0.15) is 29.5 Å². The summed E-state index contributed by atoms with van der Waals surface area (Å²) in [6, 6.07) is 13.7. The van der Waals surface area contributed by atoms with Crippen molar-refractivity contribution in [3.63, 3.8) is 0 Å². The number of H-pyrrole nitrogens is 1. The number of nitrogens with one attached hydrogen (secondary N) is 1. The maximum absolute atomic E-state index is 13.2. The summed E-state index contributed by atoms with van der Waals surface area (Å²) in [6.07, 6.45) is 0.764. The van der Waals surface area contributed by atoms with Gasteiger partial charge in [0.2, 0.25) is 0 Å². The van der Waals surface area contributed by atoms with Crippen LogP contribution in [0.2, 0.25) is 10.2 Å². The number of hydrogen-bond acceptors (Lipinski definition) is 4. The molecule has 0 aliphatic carbocycles. The van der Waals surface area contributed by atoms with Gasteiger partial charge < -0.3 is 9.88 Å². The zero-order valence-corrected chi connectivity index (χ0v) is 17.7. The van der Waals surface area contributed by atoms with Crippen LogP contribution in [0.4, 0.5) is 0 Å². The highest BCUT2D eigenvalue weighted by Gasteiger charge is 2.18. The van der Waals surface area contributed by atoms with Crippen molar-refractivity contribution >= 4 is 50.9 Å². The summed E-state index contributed by atoms with van der Waals surface area (Å²) in [5.41, 5.74) is 1.49. The van der Waals surface area contributed by atoms with E-state index in [0.717, 1.165) is 17.3 Å². The van der Waals surface area contributed by atoms with E-state index in [1.54, 1.807) is 47.4 Å². The fourth-order valence-corrected chi connectivity index (χ4v) is 3.68. The van der Waals surface area contributed by atoms with Gasteiger partial charge >= 0.3 is 0 Å². The molecule has 0 radical (unpaired) electrons. The average Bonchev–Trinajstić information content (AvgIpc) is 2.72. The Morgan fingerprint density at radius 2 is 1.87 bits per heavy atom. The van der Waals surface area contributed by atoms with E-state index in [9.17, 15) is 9.59 Å². The third-order valence-electron chi connectivity index (χ3n) is 4.74. The molecule has 0 saturated heterocycles. The Bertz CT molecular complexity index is 1320. The molecule has 2 aromatic heterocycles. The Kier molecular flexibility index (Phi) is 5.70. The molecule has 0 spiro atoms. The molecule has 1 N–H and O–H groups in total. The summed E-state index contributed by atoms with van der Waals surface area (Å²) in [6.45, 7) is 2.69. The molecule has 4 aromatic rings. The molecule has 0 fully saturated rings. The Balaban J connectivity index is 1.67. The highest BCUT2D eigenvalue weighted by Crippen LogP contribution is 2.19. The molecule has 0 aliphatic heterocycles. The molecule has 30 heavy (non-hydrogen) atoms. The summed E-state index contributed by atoms with van der Waals surface area (Å²) < 4.78 is 0. The second-order valence-corrected chi connectivity index (χ2v) is 7.77. The van der Waals surface area contributed by atoms with E-state index in [2.05, 4.69) is 15.0 Å². The highest BCUT2D eigenvalue weighted by atomic mass is 35.5. The van der Waals surface area contributed by atoms with Crippen molar-refractivity contribution in [1.29, 1.82) is 0 Å². The van der Waals surface area contributed by atoms with Crippen molar-refractivity contribution in [3.05, 3.63) is 80.4 Å². The van der Waals surface area contributed by atoms with Gasteiger partial charge in [-0.15, -0.1) is 0 Å². The summed E-state index contributed by atoms with van der Waals surface area (Å²) in [4.78, 5) is 38.8. The van der Waals surface area contributed by atoms with Crippen LogP contribution < -0.4 is 5.56 Å². The lowest BCUT2D eigenvalue weighted by atomic mass is 10.1. The molecule has 6 nitrogen and oxygen atoms in total. The van der Waals surface area contributed by atoms with Crippen LogP contribution in [0.15, 0.2) is 53.3 Å². The summed E-state index contributed by atoms with van der Waals surface area (Å²) in [7, 11) is 0. The van der Waals surface area contributed by atoms with E-state index in [1.807, 2.05) is 13.0 Å². The zero-order valence-electron chi connectivity index (χ0n) is 16.2. The van der Waals surface area contributed by atoms with Crippen molar-refractivity contribution < 1.29 is 4.79 Å². The third kappa shape index (κ3) is 4.15. The second kappa shape index (κ2) is 8.42. The maximum atomic E-state index is 13.2. The lowest BCUT2D eigenvalue weighted by Gasteiger charge is -2.22. The quantitative estimate of drug-likeness (QED) is 0.450. The first kappa shape index (κ1) is 20.3. The Labute approximate surface area is 182 Å². The molecule has 0 aliphatic rings. The average molecular weight is 441 g/mol. The van der Waals surface area contributed by atoms with Crippen LogP contribution in [0.5, 0.6) is 0 Å². The number of hydrogen-bond donors (Lipinski definition) is 1. The van der Waals surface area contributed by atoms with Gasteiger partial charge in [-0.1, -0.05) is 30.1 Å². The second-order valence-electron chi connectivity index (χ2n) is 6.94. The Morgan fingerprint density at radius 3 is 2.67 bits per heavy atom. The van der Waals surface area contributed by atoms with E-state index >= 15 is 0 Å². The minimum Gasteiger partial charge on any atom is -0.331 e. The molecule has 2 aromatic carbocycles. The zero-order chi connectivity index (χ0) is 21.3. The molecular weight excluding hydrogens is 423 g/mol. The first-order chi connectivity index (χ1) is 14.4. The van der Waals surface area contributed by atoms with Crippen molar-refractivity contribution in [2.45, 2.75) is 19.9 Å². The number of amides is 1. The lowest BCUT2D eigenvalue weighted by Crippen LogP contribution is -2.32.